The lowest BCUT2D eigenvalue weighted by molar-refractivity contribution is -0.122. The number of hydrogen-bond donors (Lipinski definition) is 2. The van der Waals surface area contributed by atoms with Crippen LogP contribution in [0.4, 0.5) is 5.69 Å². The summed E-state index contributed by atoms with van der Waals surface area (Å²) in [6.45, 7) is 4.15. The lowest BCUT2D eigenvalue weighted by Crippen LogP contribution is -2.68. The fourth-order valence-electron chi connectivity index (χ4n) is 6.45. The molecule has 0 aromatic heterocycles. The van der Waals surface area contributed by atoms with Crippen molar-refractivity contribution in [2.24, 2.45) is 5.92 Å². The highest BCUT2D eigenvalue weighted by atomic mass is 16.5. The quantitative estimate of drug-likeness (QED) is 0.834. The Labute approximate surface area is 159 Å². The zero-order valence-corrected chi connectivity index (χ0v) is 16.2. The van der Waals surface area contributed by atoms with E-state index in [9.17, 15) is 9.59 Å². The minimum atomic E-state index is -0.0887. The lowest BCUT2D eigenvalue weighted by Gasteiger charge is -2.59. The Morgan fingerprint density at radius 2 is 2.04 bits per heavy atom. The average molecular weight is 369 g/mol. The van der Waals surface area contributed by atoms with Crippen LogP contribution in [0.25, 0.3) is 0 Å². The van der Waals surface area contributed by atoms with Gasteiger partial charge in [0.15, 0.2) is 0 Å². The van der Waals surface area contributed by atoms with Gasteiger partial charge in [-0.1, -0.05) is 6.07 Å². The van der Waals surface area contributed by atoms with Crippen LogP contribution in [-0.2, 0) is 21.4 Å². The first-order valence-corrected chi connectivity index (χ1v) is 9.99. The van der Waals surface area contributed by atoms with Gasteiger partial charge in [0.05, 0.1) is 11.7 Å². The monoisotopic (exact) mass is 369 g/mol. The molecule has 2 aliphatic carbocycles. The molecule has 0 radical (unpaired) electrons. The summed E-state index contributed by atoms with van der Waals surface area (Å²) in [5, 5.41) is 6.11. The van der Waals surface area contributed by atoms with Crippen LogP contribution in [0, 0.1) is 5.92 Å². The standard InChI is InChI=1S/C21H27N3O3/c1-11(25)22-15-6-4-13-10-17-14-5-7-16(23-12(2)26)20-21(14,8-9-24(17)3)18(13)19(15)27-20/h4,6,14,16-17,20H,5,7-10H2,1-3H3,(H,22,25)(H,23,26)/t14-,16-,17+,20-,21-/m0/s1. The zero-order valence-electron chi connectivity index (χ0n) is 16.2. The second kappa shape index (κ2) is 5.71. The molecular formula is C21H27N3O3. The van der Waals surface area contributed by atoms with Gasteiger partial charge in [0.1, 0.15) is 11.9 Å². The van der Waals surface area contributed by atoms with Crippen molar-refractivity contribution in [3.05, 3.63) is 23.3 Å². The van der Waals surface area contributed by atoms with E-state index in [2.05, 4.69) is 28.6 Å². The normalized spacial score (nSPS) is 35.8. The first-order chi connectivity index (χ1) is 12.9. The molecule has 144 valence electrons. The number of piperidine rings is 1. The number of ether oxygens (including phenoxy) is 1. The van der Waals surface area contributed by atoms with Crippen molar-refractivity contribution < 1.29 is 14.3 Å². The number of anilines is 1. The number of nitrogens with zero attached hydrogens (tertiary/aromatic N) is 1. The summed E-state index contributed by atoms with van der Waals surface area (Å²) in [6, 6.07) is 4.69. The van der Waals surface area contributed by atoms with Crippen LogP contribution in [0.3, 0.4) is 0 Å². The lowest BCUT2D eigenvalue weighted by atomic mass is 9.51. The van der Waals surface area contributed by atoms with Gasteiger partial charge >= 0.3 is 0 Å². The maximum absolute atomic E-state index is 11.8. The molecule has 5 atom stereocenters. The summed E-state index contributed by atoms with van der Waals surface area (Å²) in [7, 11) is 2.24. The fraction of sp³-hybridized carbons (Fsp3) is 0.619. The Morgan fingerprint density at radius 1 is 1.22 bits per heavy atom. The minimum Gasteiger partial charge on any atom is -0.485 e. The van der Waals surface area contributed by atoms with E-state index in [1.165, 1.54) is 18.1 Å². The highest BCUT2D eigenvalue weighted by Crippen LogP contribution is 2.63. The molecule has 0 unspecified atom stereocenters. The van der Waals surface area contributed by atoms with E-state index in [0.717, 1.165) is 43.7 Å². The predicted molar refractivity (Wildman–Crippen MR) is 102 cm³/mol. The third-order valence-corrected chi connectivity index (χ3v) is 7.31. The summed E-state index contributed by atoms with van der Waals surface area (Å²) in [5.74, 6) is 1.29. The summed E-state index contributed by atoms with van der Waals surface area (Å²) in [6.07, 6.45) is 4.06. The third-order valence-electron chi connectivity index (χ3n) is 7.31. The topological polar surface area (TPSA) is 70.7 Å². The van der Waals surface area contributed by atoms with Crippen LogP contribution in [0.15, 0.2) is 12.1 Å². The molecule has 4 aliphatic rings. The van der Waals surface area contributed by atoms with E-state index in [4.69, 9.17) is 4.74 Å². The Kier molecular flexibility index (Phi) is 3.60. The molecule has 6 nitrogen and oxygen atoms in total. The van der Waals surface area contributed by atoms with E-state index in [1.54, 1.807) is 6.92 Å². The molecule has 2 amide bonds. The molecule has 2 fully saturated rings. The van der Waals surface area contributed by atoms with Gasteiger partial charge in [-0.05, 0) is 56.8 Å². The van der Waals surface area contributed by atoms with Crippen LogP contribution >= 0.6 is 0 Å². The molecule has 2 heterocycles. The Bertz CT molecular complexity index is 838. The number of carbonyl (C=O) groups is 2. The zero-order chi connectivity index (χ0) is 18.9. The average Bonchev–Trinajstić information content (AvgIpc) is 2.95. The number of nitrogens with one attached hydrogen (secondary N) is 2. The molecule has 27 heavy (non-hydrogen) atoms. The Balaban J connectivity index is 1.69. The maximum Gasteiger partial charge on any atom is 0.221 e. The molecule has 2 N–H and O–H groups in total. The SMILES string of the molecule is CC(=O)Nc1ccc2c3c1O[C@H]1[C@@H](NC(C)=O)CC[C@H]4[C@@H](C2)N(C)CC[C@@]341. The number of likely N-dealkylation sites (tertiary alicyclic amines) is 1. The summed E-state index contributed by atoms with van der Waals surface area (Å²) in [4.78, 5) is 26.1. The van der Waals surface area contributed by atoms with Crippen molar-refractivity contribution in [2.75, 3.05) is 18.9 Å². The third kappa shape index (κ3) is 2.22. The van der Waals surface area contributed by atoms with Gasteiger partial charge < -0.3 is 20.3 Å². The van der Waals surface area contributed by atoms with Crippen molar-refractivity contribution in [3.8, 4) is 5.75 Å². The van der Waals surface area contributed by atoms with Crippen LogP contribution in [0.5, 0.6) is 5.75 Å². The van der Waals surface area contributed by atoms with Gasteiger partial charge in [-0.15, -0.1) is 0 Å². The highest BCUT2D eigenvalue weighted by Gasteiger charge is 2.65. The minimum absolute atomic E-state index is 0.00278. The molecule has 2 aliphatic heterocycles. The Morgan fingerprint density at radius 3 is 2.78 bits per heavy atom. The molecule has 1 aromatic rings. The van der Waals surface area contributed by atoms with Crippen molar-refractivity contribution in [1.29, 1.82) is 0 Å². The number of carbonyl (C=O) groups excluding carboxylic acids is 2. The molecular weight excluding hydrogens is 342 g/mol. The van der Waals surface area contributed by atoms with Gasteiger partial charge in [-0.3, -0.25) is 9.59 Å². The molecule has 5 rings (SSSR count). The van der Waals surface area contributed by atoms with Crippen molar-refractivity contribution >= 4 is 17.5 Å². The smallest absolute Gasteiger partial charge is 0.221 e. The van der Waals surface area contributed by atoms with Gasteiger partial charge in [0.25, 0.3) is 0 Å². The molecule has 2 bridgehead atoms. The molecule has 1 saturated heterocycles. The van der Waals surface area contributed by atoms with Crippen molar-refractivity contribution in [1.82, 2.24) is 10.2 Å². The van der Waals surface area contributed by atoms with Crippen molar-refractivity contribution in [3.63, 3.8) is 0 Å². The van der Waals surface area contributed by atoms with Gasteiger partial charge in [0, 0.05) is 30.9 Å². The van der Waals surface area contributed by atoms with E-state index in [-0.39, 0.29) is 29.4 Å². The van der Waals surface area contributed by atoms with Crippen LogP contribution in [-0.4, -0.2) is 48.5 Å². The van der Waals surface area contributed by atoms with Crippen molar-refractivity contribution in [2.45, 2.75) is 63.1 Å². The summed E-state index contributed by atoms with van der Waals surface area (Å²) >= 11 is 0. The predicted octanol–water partition coefficient (Wildman–Crippen LogP) is 1.82. The van der Waals surface area contributed by atoms with Crippen LogP contribution < -0.4 is 15.4 Å². The maximum atomic E-state index is 11.8. The van der Waals surface area contributed by atoms with E-state index < -0.39 is 0 Å². The Hall–Kier alpha value is -2.08. The number of rotatable bonds is 2. The van der Waals surface area contributed by atoms with Gasteiger partial charge in [-0.2, -0.15) is 0 Å². The van der Waals surface area contributed by atoms with Gasteiger partial charge in [-0.25, -0.2) is 0 Å². The van der Waals surface area contributed by atoms with E-state index >= 15 is 0 Å². The number of hydrogen-bond acceptors (Lipinski definition) is 4. The van der Waals surface area contributed by atoms with Gasteiger partial charge in [0.2, 0.25) is 11.8 Å². The largest absolute Gasteiger partial charge is 0.485 e. The number of likely N-dealkylation sites (N-methyl/N-ethyl adjacent to an activating group) is 1. The molecule has 1 aromatic carbocycles. The summed E-state index contributed by atoms with van der Waals surface area (Å²) < 4.78 is 6.61. The number of amides is 2. The highest BCUT2D eigenvalue weighted by molar-refractivity contribution is 5.91. The first-order valence-electron chi connectivity index (χ1n) is 9.99. The molecule has 1 spiro atoms. The van der Waals surface area contributed by atoms with Crippen LogP contribution in [0.1, 0.15) is 44.2 Å². The van der Waals surface area contributed by atoms with Crippen LogP contribution in [0.2, 0.25) is 0 Å². The fourth-order valence-corrected chi connectivity index (χ4v) is 6.45. The first kappa shape index (κ1) is 17.0. The van der Waals surface area contributed by atoms with E-state index in [1.807, 2.05) is 6.07 Å². The molecule has 6 heteroatoms. The number of benzene rings is 1. The summed E-state index contributed by atoms with van der Waals surface area (Å²) in [5.41, 5.74) is 3.36. The van der Waals surface area contributed by atoms with E-state index in [0.29, 0.717) is 12.0 Å². The molecule has 1 saturated carbocycles. The second-order valence-corrected chi connectivity index (χ2v) is 8.73. The second-order valence-electron chi connectivity index (χ2n) is 8.73.